The first kappa shape index (κ1) is 12.5. The minimum atomic E-state index is 0.470. The summed E-state index contributed by atoms with van der Waals surface area (Å²) in [4.78, 5) is 4.31. The topological polar surface area (TPSA) is 52.0 Å². The Hall–Kier alpha value is -0.940. The lowest BCUT2D eigenvalue weighted by molar-refractivity contribution is 0.0601. The second-order valence-electron chi connectivity index (χ2n) is 4.97. The van der Waals surface area contributed by atoms with Crippen molar-refractivity contribution >= 4 is 0 Å². The molecule has 0 bridgehead atoms. The number of aromatic nitrogens is 3. The number of nitrogens with zero attached hydrogens (tertiary/aromatic N) is 3. The van der Waals surface area contributed by atoms with Crippen molar-refractivity contribution in [1.29, 1.82) is 0 Å². The first-order valence-electron chi connectivity index (χ1n) is 6.43. The zero-order valence-electron chi connectivity index (χ0n) is 10.7. The highest BCUT2D eigenvalue weighted by Gasteiger charge is 2.15. The molecule has 1 aliphatic heterocycles. The molecule has 0 amide bonds. The van der Waals surface area contributed by atoms with Crippen LogP contribution in [-0.4, -0.2) is 34.0 Å². The zero-order valence-corrected chi connectivity index (χ0v) is 10.7. The molecule has 17 heavy (non-hydrogen) atoms. The molecule has 5 heteroatoms. The van der Waals surface area contributed by atoms with Crippen molar-refractivity contribution < 1.29 is 4.74 Å². The lowest BCUT2D eigenvalue weighted by Crippen LogP contribution is -2.23. The van der Waals surface area contributed by atoms with Gasteiger partial charge in [0.1, 0.15) is 6.33 Å². The Kier molecular flexibility index (Phi) is 4.50. The molecule has 5 nitrogen and oxygen atoms in total. The number of hydrogen-bond donors (Lipinski definition) is 1. The number of nitrogens with one attached hydrogen (secondary N) is 1. The van der Waals surface area contributed by atoms with E-state index in [0.29, 0.717) is 12.0 Å². The van der Waals surface area contributed by atoms with Gasteiger partial charge in [0.05, 0.1) is 6.54 Å². The van der Waals surface area contributed by atoms with Gasteiger partial charge in [-0.2, -0.15) is 5.10 Å². The van der Waals surface area contributed by atoms with Crippen molar-refractivity contribution in [2.45, 2.75) is 45.8 Å². The summed E-state index contributed by atoms with van der Waals surface area (Å²) in [5, 5.41) is 7.80. The van der Waals surface area contributed by atoms with E-state index >= 15 is 0 Å². The van der Waals surface area contributed by atoms with Crippen LogP contribution >= 0.6 is 0 Å². The lowest BCUT2D eigenvalue weighted by Gasteiger charge is -2.21. The van der Waals surface area contributed by atoms with Gasteiger partial charge in [0.15, 0.2) is 5.82 Å². The largest absolute Gasteiger partial charge is 0.381 e. The summed E-state index contributed by atoms with van der Waals surface area (Å²) in [5.74, 6) is 1.57. The molecule has 1 N–H and O–H groups in total. The standard InChI is InChI=1S/C12H22N4O/c1-10(2)13-7-12-14-9-16(15-12)8-11-3-5-17-6-4-11/h9-11,13H,3-8H2,1-2H3. The summed E-state index contributed by atoms with van der Waals surface area (Å²) in [5.41, 5.74) is 0. The Morgan fingerprint density at radius 1 is 1.47 bits per heavy atom. The molecule has 1 aliphatic rings. The van der Waals surface area contributed by atoms with Crippen molar-refractivity contribution in [2.24, 2.45) is 5.92 Å². The third kappa shape index (κ3) is 4.09. The van der Waals surface area contributed by atoms with E-state index in [4.69, 9.17) is 4.74 Å². The third-order valence-electron chi connectivity index (χ3n) is 3.04. The van der Waals surface area contributed by atoms with E-state index < -0.39 is 0 Å². The Morgan fingerprint density at radius 3 is 2.94 bits per heavy atom. The summed E-state index contributed by atoms with van der Waals surface area (Å²) in [7, 11) is 0. The van der Waals surface area contributed by atoms with Gasteiger partial charge in [-0.25, -0.2) is 4.98 Å². The fraction of sp³-hybridized carbons (Fsp3) is 0.833. The van der Waals surface area contributed by atoms with E-state index in [1.54, 1.807) is 0 Å². The molecule has 0 saturated carbocycles. The summed E-state index contributed by atoms with van der Waals surface area (Å²) in [6, 6.07) is 0.470. The van der Waals surface area contributed by atoms with Gasteiger partial charge >= 0.3 is 0 Å². The molecule has 0 atom stereocenters. The van der Waals surface area contributed by atoms with Gasteiger partial charge < -0.3 is 10.1 Å². The van der Waals surface area contributed by atoms with Gasteiger partial charge in [0, 0.05) is 25.8 Å². The van der Waals surface area contributed by atoms with Crippen LogP contribution in [0.1, 0.15) is 32.5 Å². The van der Waals surface area contributed by atoms with E-state index in [-0.39, 0.29) is 0 Å². The number of hydrogen-bond acceptors (Lipinski definition) is 4. The quantitative estimate of drug-likeness (QED) is 0.837. The molecule has 1 saturated heterocycles. The lowest BCUT2D eigenvalue weighted by atomic mass is 10.0. The van der Waals surface area contributed by atoms with Gasteiger partial charge in [-0.3, -0.25) is 4.68 Å². The summed E-state index contributed by atoms with van der Waals surface area (Å²) >= 11 is 0. The van der Waals surface area contributed by atoms with Crippen molar-refractivity contribution in [3.8, 4) is 0 Å². The number of rotatable bonds is 5. The van der Waals surface area contributed by atoms with Crippen molar-refractivity contribution in [2.75, 3.05) is 13.2 Å². The van der Waals surface area contributed by atoms with Crippen LogP contribution in [0.2, 0.25) is 0 Å². The molecule has 0 aliphatic carbocycles. The molecular formula is C12H22N4O. The fourth-order valence-electron chi connectivity index (χ4n) is 1.99. The predicted molar refractivity (Wildman–Crippen MR) is 65.5 cm³/mol. The molecule has 1 aromatic rings. The molecule has 0 unspecified atom stereocenters. The van der Waals surface area contributed by atoms with Crippen LogP contribution in [0.15, 0.2) is 6.33 Å². The smallest absolute Gasteiger partial charge is 0.164 e. The number of ether oxygens (including phenoxy) is 1. The normalized spacial score (nSPS) is 17.8. The van der Waals surface area contributed by atoms with E-state index in [1.165, 1.54) is 0 Å². The molecule has 96 valence electrons. The summed E-state index contributed by atoms with van der Waals surface area (Å²) < 4.78 is 7.32. The SMILES string of the molecule is CC(C)NCc1ncn(CC2CCOCC2)n1. The first-order valence-corrected chi connectivity index (χ1v) is 6.43. The Balaban J connectivity index is 1.80. The average molecular weight is 238 g/mol. The highest BCUT2D eigenvalue weighted by molar-refractivity contribution is 4.82. The maximum Gasteiger partial charge on any atom is 0.164 e. The zero-order chi connectivity index (χ0) is 12.1. The molecule has 0 aromatic carbocycles. The maximum absolute atomic E-state index is 5.35. The third-order valence-corrected chi connectivity index (χ3v) is 3.04. The van der Waals surface area contributed by atoms with Crippen molar-refractivity contribution in [3.05, 3.63) is 12.2 Å². The van der Waals surface area contributed by atoms with Crippen LogP contribution in [0.5, 0.6) is 0 Å². The van der Waals surface area contributed by atoms with Crippen LogP contribution < -0.4 is 5.32 Å². The Labute approximate surface area is 103 Å². The summed E-state index contributed by atoms with van der Waals surface area (Å²) in [6.07, 6.45) is 4.12. The molecule has 2 rings (SSSR count). The molecule has 1 fully saturated rings. The van der Waals surface area contributed by atoms with Crippen LogP contribution in [0, 0.1) is 5.92 Å². The minimum absolute atomic E-state index is 0.470. The monoisotopic (exact) mass is 238 g/mol. The molecule has 2 heterocycles. The van der Waals surface area contributed by atoms with Gasteiger partial charge in [-0.05, 0) is 18.8 Å². The second kappa shape index (κ2) is 6.12. The van der Waals surface area contributed by atoms with E-state index in [9.17, 15) is 0 Å². The van der Waals surface area contributed by atoms with E-state index in [1.807, 2.05) is 11.0 Å². The fourth-order valence-corrected chi connectivity index (χ4v) is 1.99. The highest BCUT2D eigenvalue weighted by atomic mass is 16.5. The van der Waals surface area contributed by atoms with E-state index in [0.717, 1.165) is 45.0 Å². The van der Waals surface area contributed by atoms with Crippen LogP contribution in [0.4, 0.5) is 0 Å². The van der Waals surface area contributed by atoms with Crippen LogP contribution in [0.3, 0.4) is 0 Å². The highest BCUT2D eigenvalue weighted by Crippen LogP contribution is 2.16. The second-order valence-corrected chi connectivity index (χ2v) is 4.97. The first-order chi connectivity index (χ1) is 8.24. The average Bonchev–Trinajstić information content (AvgIpc) is 2.75. The van der Waals surface area contributed by atoms with Gasteiger partial charge in [0.25, 0.3) is 0 Å². The van der Waals surface area contributed by atoms with E-state index in [2.05, 4.69) is 29.2 Å². The van der Waals surface area contributed by atoms with Gasteiger partial charge in [0.2, 0.25) is 0 Å². The Morgan fingerprint density at radius 2 is 2.24 bits per heavy atom. The maximum atomic E-state index is 5.35. The van der Waals surface area contributed by atoms with Gasteiger partial charge in [-0.1, -0.05) is 13.8 Å². The molecule has 0 spiro atoms. The molecule has 1 aromatic heterocycles. The van der Waals surface area contributed by atoms with Gasteiger partial charge in [-0.15, -0.1) is 0 Å². The van der Waals surface area contributed by atoms with Crippen molar-refractivity contribution in [3.63, 3.8) is 0 Å². The van der Waals surface area contributed by atoms with Crippen LogP contribution in [0.25, 0.3) is 0 Å². The summed E-state index contributed by atoms with van der Waals surface area (Å²) in [6.45, 7) is 7.75. The minimum Gasteiger partial charge on any atom is -0.381 e. The Bertz CT molecular complexity index is 331. The predicted octanol–water partition coefficient (Wildman–Crippen LogP) is 1.20. The van der Waals surface area contributed by atoms with Crippen LogP contribution in [-0.2, 0) is 17.8 Å². The molecule has 0 radical (unpaired) electrons. The molecular weight excluding hydrogens is 216 g/mol. The van der Waals surface area contributed by atoms with Crippen molar-refractivity contribution in [1.82, 2.24) is 20.1 Å².